The summed E-state index contributed by atoms with van der Waals surface area (Å²) in [4.78, 5) is 4.17. The van der Waals surface area contributed by atoms with E-state index in [1.807, 2.05) is 31.2 Å². The monoisotopic (exact) mass is 299 g/mol. The van der Waals surface area contributed by atoms with Crippen LogP contribution in [0.4, 0.5) is 0 Å². The molecule has 0 saturated heterocycles. The zero-order chi connectivity index (χ0) is 11.7. The normalized spacial score (nSPS) is 13.0. The molecule has 0 aliphatic rings. The molecule has 0 aliphatic heterocycles. The van der Waals surface area contributed by atoms with Crippen LogP contribution in [-0.2, 0) is 4.74 Å². The van der Waals surface area contributed by atoms with E-state index in [0.29, 0.717) is 5.15 Å². The van der Waals surface area contributed by atoms with E-state index in [-0.39, 0.29) is 6.10 Å². The molecular formula is C12H11BrClNO. The van der Waals surface area contributed by atoms with Crippen LogP contribution < -0.4 is 0 Å². The average molecular weight is 301 g/mol. The lowest BCUT2D eigenvalue weighted by molar-refractivity contribution is 0.121. The van der Waals surface area contributed by atoms with Crippen LogP contribution in [0.1, 0.15) is 18.6 Å². The molecule has 0 N–H and O–H groups in total. The molecule has 1 unspecified atom stereocenters. The van der Waals surface area contributed by atoms with Crippen LogP contribution in [0.3, 0.4) is 0 Å². The molecule has 0 saturated carbocycles. The minimum atomic E-state index is 0.0362. The van der Waals surface area contributed by atoms with E-state index in [1.54, 1.807) is 7.11 Å². The molecule has 0 spiro atoms. The maximum Gasteiger partial charge on any atom is 0.131 e. The summed E-state index contributed by atoms with van der Waals surface area (Å²) < 4.78 is 6.11. The number of methoxy groups -OCH3 is 1. The van der Waals surface area contributed by atoms with Gasteiger partial charge in [0.25, 0.3) is 0 Å². The number of nitrogens with zero attached hydrogens (tertiary/aromatic N) is 1. The Morgan fingerprint density at radius 3 is 2.81 bits per heavy atom. The predicted molar refractivity (Wildman–Crippen MR) is 69.9 cm³/mol. The van der Waals surface area contributed by atoms with Crippen molar-refractivity contribution in [3.63, 3.8) is 0 Å². The molecule has 84 valence electrons. The first-order valence-corrected chi connectivity index (χ1v) is 6.08. The fourth-order valence-electron chi connectivity index (χ4n) is 1.71. The van der Waals surface area contributed by atoms with Crippen LogP contribution in [0, 0.1) is 0 Å². The first kappa shape index (κ1) is 11.8. The lowest BCUT2D eigenvalue weighted by atomic mass is 10.0. The van der Waals surface area contributed by atoms with E-state index in [1.165, 1.54) is 0 Å². The molecule has 0 aliphatic carbocycles. The van der Waals surface area contributed by atoms with Gasteiger partial charge in [0.15, 0.2) is 0 Å². The van der Waals surface area contributed by atoms with E-state index in [2.05, 4.69) is 20.9 Å². The molecule has 0 amide bonds. The molecule has 1 atom stereocenters. The molecule has 1 aromatic carbocycles. The highest BCUT2D eigenvalue weighted by molar-refractivity contribution is 9.10. The van der Waals surface area contributed by atoms with Crippen molar-refractivity contribution >= 4 is 38.3 Å². The van der Waals surface area contributed by atoms with Gasteiger partial charge in [0.05, 0.1) is 6.10 Å². The van der Waals surface area contributed by atoms with Crippen molar-refractivity contribution in [2.24, 2.45) is 0 Å². The summed E-state index contributed by atoms with van der Waals surface area (Å²) in [7, 11) is 1.70. The van der Waals surface area contributed by atoms with Crippen LogP contribution in [0.5, 0.6) is 0 Å². The van der Waals surface area contributed by atoms with Crippen molar-refractivity contribution in [1.82, 2.24) is 4.98 Å². The molecule has 1 heterocycles. The Labute approximate surface area is 108 Å². The van der Waals surface area contributed by atoms with E-state index >= 15 is 0 Å². The van der Waals surface area contributed by atoms with Gasteiger partial charge in [-0.15, -0.1) is 0 Å². The first-order chi connectivity index (χ1) is 7.63. The molecule has 4 heteroatoms. The number of aromatic nitrogens is 1. The molecule has 0 bridgehead atoms. The number of hydrogen-bond acceptors (Lipinski definition) is 2. The summed E-state index contributed by atoms with van der Waals surface area (Å²) in [5, 5.41) is 2.60. The van der Waals surface area contributed by atoms with E-state index in [0.717, 1.165) is 20.9 Å². The molecule has 16 heavy (non-hydrogen) atoms. The number of ether oxygens (including phenoxy) is 1. The highest BCUT2D eigenvalue weighted by atomic mass is 79.9. The summed E-state index contributed by atoms with van der Waals surface area (Å²) in [6.07, 6.45) is 0.0362. The lowest BCUT2D eigenvalue weighted by Gasteiger charge is -2.13. The number of pyridine rings is 1. The van der Waals surface area contributed by atoms with E-state index in [4.69, 9.17) is 16.3 Å². The van der Waals surface area contributed by atoms with Crippen LogP contribution in [0.2, 0.25) is 5.15 Å². The second-order valence-corrected chi connectivity index (χ2v) is 4.69. The van der Waals surface area contributed by atoms with Gasteiger partial charge in [0, 0.05) is 12.5 Å². The lowest BCUT2D eigenvalue weighted by Crippen LogP contribution is -1.97. The maximum atomic E-state index is 5.96. The van der Waals surface area contributed by atoms with Crippen molar-refractivity contribution in [3.05, 3.63) is 39.6 Å². The minimum absolute atomic E-state index is 0.0362. The molecule has 1 aromatic heterocycles. The van der Waals surface area contributed by atoms with E-state index in [9.17, 15) is 0 Å². The van der Waals surface area contributed by atoms with Crippen molar-refractivity contribution in [2.75, 3.05) is 7.11 Å². The summed E-state index contributed by atoms with van der Waals surface area (Å²) in [6.45, 7) is 2.01. The van der Waals surface area contributed by atoms with Crippen LogP contribution in [-0.4, -0.2) is 12.1 Å². The Balaban J connectivity index is 2.76. The maximum absolute atomic E-state index is 5.96. The van der Waals surface area contributed by atoms with Crippen molar-refractivity contribution in [1.29, 1.82) is 0 Å². The minimum Gasteiger partial charge on any atom is -0.377 e. The van der Waals surface area contributed by atoms with Gasteiger partial charge in [0.1, 0.15) is 9.76 Å². The second-order valence-electron chi connectivity index (χ2n) is 3.56. The molecular weight excluding hydrogens is 289 g/mol. The zero-order valence-electron chi connectivity index (χ0n) is 9.00. The first-order valence-electron chi connectivity index (χ1n) is 4.91. The van der Waals surface area contributed by atoms with E-state index < -0.39 is 0 Å². The Hall–Kier alpha value is -0.640. The van der Waals surface area contributed by atoms with Crippen molar-refractivity contribution in [3.8, 4) is 0 Å². The predicted octanol–water partition coefficient (Wildman–Crippen LogP) is 4.36. The van der Waals surface area contributed by atoms with Gasteiger partial charge in [-0.2, -0.15) is 0 Å². The number of rotatable bonds is 2. The van der Waals surface area contributed by atoms with Crippen molar-refractivity contribution in [2.45, 2.75) is 13.0 Å². The highest BCUT2D eigenvalue weighted by Crippen LogP contribution is 2.31. The second kappa shape index (κ2) is 4.70. The Kier molecular flexibility index (Phi) is 3.47. The highest BCUT2D eigenvalue weighted by Gasteiger charge is 2.11. The zero-order valence-corrected chi connectivity index (χ0v) is 11.3. The molecule has 0 radical (unpaired) electrons. The standard InChI is InChI=1S/C12H11BrClNO/c1-7(16-2)8-4-3-5-9-10(8)6-11(14)15-12(9)13/h3-7H,1-2H3. The summed E-state index contributed by atoms with van der Waals surface area (Å²) in [5.41, 5.74) is 1.12. The fourth-order valence-corrected chi connectivity index (χ4v) is 2.54. The smallest absolute Gasteiger partial charge is 0.131 e. The van der Waals surface area contributed by atoms with Gasteiger partial charge in [-0.25, -0.2) is 4.98 Å². The number of halogens is 2. The topological polar surface area (TPSA) is 22.1 Å². The van der Waals surface area contributed by atoms with Crippen molar-refractivity contribution < 1.29 is 4.74 Å². The molecule has 2 nitrogen and oxygen atoms in total. The Bertz CT molecular complexity index is 530. The number of fused-ring (bicyclic) bond motifs is 1. The van der Waals surface area contributed by atoms with Gasteiger partial charge in [-0.3, -0.25) is 0 Å². The van der Waals surface area contributed by atoms with Gasteiger partial charge >= 0.3 is 0 Å². The summed E-state index contributed by atoms with van der Waals surface area (Å²) in [5.74, 6) is 0. The summed E-state index contributed by atoms with van der Waals surface area (Å²) in [6, 6.07) is 7.91. The molecule has 2 aromatic rings. The largest absolute Gasteiger partial charge is 0.377 e. The Morgan fingerprint density at radius 2 is 2.12 bits per heavy atom. The summed E-state index contributed by atoms with van der Waals surface area (Å²) >= 11 is 9.38. The SMILES string of the molecule is COC(C)c1cccc2c(Br)nc(Cl)cc12. The quantitative estimate of drug-likeness (QED) is 0.769. The van der Waals surface area contributed by atoms with Crippen LogP contribution in [0.25, 0.3) is 10.8 Å². The van der Waals surface area contributed by atoms with Gasteiger partial charge in [0.2, 0.25) is 0 Å². The molecule has 2 rings (SSSR count). The van der Waals surface area contributed by atoms with Gasteiger partial charge in [-0.05, 0) is 39.9 Å². The third kappa shape index (κ3) is 2.08. The third-order valence-electron chi connectivity index (χ3n) is 2.62. The Morgan fingerprint density at radius 1 is 1.38 bits per heavy atom. The number of benzene rings is 1. The van der Waals surface area contributed by atoms with Gasteiger partial charge < -0.3 is 4.74 Å². The fraction of sp³-hybridized carbons (Fsp3) is 0.250. The average Bonchev–Trinajstić information content (AvgIpc) is 2.27. The number of hydrogen-bond donors (Lipinski definition) is 0. The van der Waals surface area contributed by atoms with Crippen LogP contribution >= 0.6 is 27.5 Å². The molecule has 0 fully saturated rings. The van der Waals surface area contributed by atoms with Crippen LogP contribution in [0.15, 0.2) is 28.9 Å². The van der Waals surface area contributed by atoms with Gasteiger partial charge in [-0.1, -0.05) is 29.8 Å². The third-order valence-corrected chi connectivity index (χ3v) is 3.42.